The maximum absolute atomic E-state index is 13.2. The van der Waals surface area contributed by atoms with Crippen LogP contribution >= 0.6 is 31.9 Å². The molecule has 0 aliphatic rings. The SMILES string of the molecule is CCc1oc2c(O)c(B(O)O)c(O)c(O)c2c1C(=O)c1cc(Br)c(O)c(Br)c1. The zero-order chi connectivity index (χ0) is 20.9. The lowest BCUT2D eigenvalue weighted by atomic mass is 9.77. The molecule has 0 aliphatic heterocycles. The number of halogens is 2. The first kappa shape index (κ1) is 20.5. The molecule has 3 aromatic rings. The number of carbonyl (C=O) groups excluding carboxylic acids is 1. The van der Waals surface area contributed by atoms with Gasteiger partial charge in [0.15, 0.2) is 28.6 Å². The average molecular weight is 516 g/mol. The van der Waals surface area contributed by atoms with Crippen LogP contribution < -0.4 is 5.46 Å². The second kappa shape index (κ2) is 7.32. The Kier molecular flexibility index (Phi) is 5.37. The first-order chi connectivity index (χ1) is 13.1. The number of phenolic OH excluding ortho intramolecular Hbond substituents is 4. The summed E-state index contributed by atoms with van der Waals surface area (Å²) in [5.41, 5.74) is -1.09. The summed E-state index contributed by atoms with van der Waals surface area (Å²) < 4.78 is 5.99. The summed E-state index contributed by atoms with van der Waals surface area (Å²) in [6.45, 7) is 1.67. The number of hydrogen-bond donors (Lipinski definition) is 6. The smallest absolute Gasteiger partial charge is 0.496 e. The van der Waals surface area contributed by atoms with E-state index in [2.05, 4.69) is 31.9 Å². The number of aryl methyl sites for hydroxylation is 1. The van der Waals surface area contributed by atoms with E-state index in [1.54, 1.807) is 6.92 Å². The van der Waals surface area contributed by atoms with Gasteiger partial charge in [-0.05, 0) is 44.0 Å². The van der Waals surface area contributed by atoms with Gasteiger partial charge in [0.2, 0.25) is 0 Å². The molecular formula is C17H13BBr2O8. The molecule has 28 heavy (non-hydrogen) atoms. The molecule has 0 bridgehead atoms. The van der Waals surface area contributed by atoms with Crippen molar-refractivity contribution in [3.8, 4) is 23.0 Å². The molecule has 0 spiro atoms. The van der Waals surface area contributed by atoms with Crippen molar-refractivity contribution < 1.29 is 39.7 Å². The third-order valence-electron chi connectivity index (χ3n) is 4.25. The van der Waals surface area contributed by atoms with Gasteiger partial charge >= 0.3 is 7.12 Å². The summed E-state index contributed by atoms with van der Waals surface area (Å²) in [6, 6.07) is 2.73. The van der Waals surface area contributed by atoms with E-state index in [9.17, 15) is 35.3 Å². The van der Waals surface area contributed by atoms with Crippen LogP contribution in [0.4, 0.5) is 0 Å². The highest BCUT2D eigenvalue weighted by Crippen LogP contribution is 2.44. The number of ketones is 1. The van der Waals surface area contributed by atoms with Gasteiger partial charge in [0.25, 0.3) is 0 Å². The minimum absolute atomic E-state index is 0.106. The fraction of sp³-hybridized carbons (Fsp3) is 0.118. The molecule has 0 atom stereocenters. The number of aromatic hydroxyl groups is 4. The molecule has 0 aliphatic carbocycles. The van der Waals surface area contributed by atoms with Crippen LogP contribution in [0.1, 0.15) is 28.6 Å². The molecule has 0 saturated carbocycles. The summed E-state index contributed by atoms with van der Waals surface area (Å²) in [7, 11) is -2.28. The molecule has 146 valence electrons. The summed E-state index contributed by atoms with van der Waals surface area (Å²) >= 11 is 6.27. The minimum Gasteiger partial charge on any atom is -0.506 e. The van der Waals surface area contributed by atoms with Crippen LogP contribution in [0.15, 0.2) is 25.5 Å². The van der Waals surface area contributed by atoms with E-state index in [0.29, 0.717) is 0 Å². The van der Waals surface area contributed by atoms with Crippen LogP contribution in [0.5, 0.6) is 23.0 Å². The second-order valence-electron chi connectivity index (χ2n) is 5.91. The van der Waals surface area contributed by atoms with Crippen molar-refractivity contribution in [3.05, 3.63) is 38.0 Å². The molecule has 0 fully saturated rings. The number of hydrogen-bond acceptors (Lipinski definition) is 8. The Labute approximate surface area is 175 Å². The first-order valence-electron chi connectivity index (χ1n) is 7.91. The van der Waals surface area contributed by atoms with Crippen molar-refractivity contribution >= 4 is 61.2 Å². The molecule has 8 nitrogen and oxygen atoms in total. The van der Waals surface area contributed by atoms with Crippen molar-refractivity contribution in [2.75, 3.05) is 0 Å². The third kappa shape index (κ3) is 3.04. The maximum atomic E-state index is 13.2. The van der Waals surface area contributed by atoms with Crippen molar-refractivity contribution in [2.45, 2.75) is 13.3 Å². The van der Waals surface area contributed by atoms with E-state index in [1.807, 2.05) is 0 Å². The summed E-state index contributed by atoms with van der Waals surface area (Å²) in [6.07, 6.45) is 0.201. The van der Waals surface area contributed by atoms with E-state index in [4.69, 9.17) is 4.42 Å². The Morgan fingerprint density at radius 2 is 1.57 bits per heavy atom. The molecule has 1 aromatic heterocycles. The Morgan fingerprint density at radius 1 is 1.00 bits per heavy atom. The fourth-order valence-corrected chi connectivity index (χ4v) is 4.11. The highest BCUT2D eigenvalue weighted by molar-refractivity contribution is 9.11. The normalized spacial score (nSPS) is 11.2. The number of fused-ring (bicyclic) bond motifs is 1. The van der Waals surface area contributed by atoms with Crippen molar-refractivity contribution in [3.63, 3.8) is 0 Å². The predicted octanol–water partition coefficient (Wildman–Crippen LogP) is 2.25. The maximum Gasteiger partial charge on any atom is 0.496 e. The zero-order valence-electron chi connectivity index (χ0n) is 14.2. The van der Waals surface area contributed by atoms with Gasteiger partial charge in [-0.2, -0.15) is 0 Å². The van der Waals surface area contributed by atoms with Crippen molar-refractivity contribution in [1.29, 1.82) is 0 Å². The number of carbonyl (C=O) groups is 1. The quantitative estimate of drug-likeness (QED) is 0.134. The molecule has 0 saturated heterocycles. The van der Waals surface area contributed by atoms with Gasteiger partial charge in [-0.15, -0.1) is 0 Å². The molecule has 1 heterocycles. The summed E-state index contributed by atoms with van der Waals surface area (Å²) in [5, 5.41) is 59.1. The molecular weight excluding hydrogens is 503 g/mol. The van der Waals surface area contributed by atoms with Crippen molar-refractivity contribution in [2.24, 2.45) is 0 Å². The lowest BCUT2D eigenvalue weighted by Gasteiger charge is -2.10. The van der Waals surface area contributed by atoms with Crippen LogP contribution in [0, 0.1) is 0 Å². The lowest BCUT2D eigenvalue weighted by Crippen LogP contribution is -2.30. The van der Waals surface area contributed by atoms with Crippen LogP contribution in [0.2, 0.25) is 0 Å². The fourth-order valence-electron chi connectivity index (χ4n) is 2.93. The molecule has 6 N–H and O–H groups in total. The second-order valence-corrected chi connectivity index (χ2v) is 7.62. The van der Waals surface area contributed by atoms with Crippen LogP contribution in [0.25, 0.3) is 11.0 Å². The number of phenols is 4. The standard InChI is InChI=1S/C17H13BBr2O8/c1-2-8-9(12(21)5-3-6(19)13(22)7(20)4-5)10-14(23)15(24)11(18(26)27)16(25)17(10)28-8/h3-4,22-27H,2H2,1H3. The molecule has 0 radical (unpaired) electrons. The molecule has 2 aromatic carbocycles. The summed E-state index contributed by atoms with van der Waals surface area (Å²) in [4.78, 5) is 13.2. The van der Waals surface area contributed by atoms with E-state index in [1.165, 1.54) is 12.1 Å². The van der Waals surface area contributed by atoms with Gasteiger partial charge in [-0.1, -0.05) is 6.92 Å². The largest absolute Gasteiger partial charge is 0.506 e. The van der Waals surface area contributed by atoms with Crippen LogP contribution in [0.3, 0.4) is 0 Å². The van der Waals surface area contributed by atoms with E-state index in [0.717, 1.165) is 0 Å². The van der Waals surface area contributed by atoms with Gasteiger partial charge in [-0.25, -0.2) is 0 Å². The monoisotopic (exact) mass is 514 g/mol. The zero-order valence-corrected chi connectivity index (χ0v) is 17.4. The number of benzene rings is 2. The summed E-state index contributed by atoms with van der Waals surface area (Å²) in [5.74, 6) is -3.23. The van der Waals surface area contributed by atoms with Gasteiger partial charge in [0.1, 0.15) is 11.5 Å². The molecule has 0 unspecified atom stereocenters. The minimum atomic E-state index is -2.28. The van der Waals surface area contributed by atoms with Gasteiger partial charge in [-0.3, -0.25) is 4.79 Å². The molecule has 3 rings (SSSR count). The number of furan rings is 1. The Balaban J connectivity index is 2.37. The lowest BCUT2D eigenvalue weighted by molar-refractivity contribution is 0.103. The van der Waals surface area contributed by atoms with Crippen LogP contribution in [-0.2, 0) is 6.42 Å². The van der Waals surface area contributed by atoms with Crippen LogP contribution in [-0.4, -0.2) is 43.4 Å². The Bertz CT molecular complexity index is 1100. The Hall–Kier alpha value is -2.21. The topological polar surface area (TPSA) is 152 Å². The Morgan fingerprint density at radius 3 is 2.07 bits per heavy atom. The van der Waals surface area contributed by atoms with Gasteiger partial charge < -0.3 is 34.9 Å². The highest BCUT2D eigenvalue weighted by Gasteiger charge is 2.33. The van der Waals surface area contributed by atoms with E-state index in [-0.39, 0.29) is 49.0 Å². The van der Waals surface area contributed by atoms with Crippen molar-refractivity contribution in [1.82, 2.24) is 0 Å². The third-order valence-corrected chi connectivity index (χ3v) is 5.46. The van der Waals surface area contributed by atoms with Gasteiger partial charge in [0.05, 0.1) is 25.4 Å². The average Bonchev–Trinajstić information content (AvgIpc) is 3.03. The number of rotatable bonds is 4. The van der Waals surface area contributed by atoms with E-state index >= 15 is 0 Å². The molecule has 0 amide bonds. The molecule has 11 heteroatoms. The highest BCUT2D eigenvalue weighted by atomic mass is 79.9. The van der Waals surface area contributed by atoms with Gasteiger partial charge in [0, 0.05) is 12.0 Å². The van der Waals surface area contributed by atoms with E-state index < -0.39 is 35.6 Å². The first-order valence-corrected chi connectivity index (χ1v) is 9.49. The predicted molar refractivity (Wildman–Crippen MR) is 107 cm³/mol.